The number of aliphatic hydroxyl groups excluding tert-OH is 1. The lowest BCUT2D eigenvalue weighted by Gasteiger charge is -2.11. The Balaban J connectivity index is 2.18. The van der Waals surface area contributed by atoms with Crippen LogP contribution in [0.4, 0.5) is 0 Å². The van der Waals surface area contributed by atoms with E-state index in [0.29, 0.717) is 18.5 Å². The van der Waals surface area contributed by atoms with Gasteiger partial charge in [0.15, 0.2) is 0 Å². The van der Waals surface area contributed by atoms with Gasteiger partial charge in [0, 0.05) is 23.2 Å². The third kappa shape index (κ3) is 6.17. The van der Waals surface area contributed by atoms with Crippen LogP contribution in [0.2, 0.25) is 0 Å². The molecule has 6 heteroatoms. The van der Waals surface area contributed by atoms with Crippen molar-refractivity contribution in [3.8, 4) is 0 Å². The van der Waals surface area contributed by atoms with Crippen LogP contribution >= 0.6 is 15.9 Å². The molecule has 0 spiro atoms. The summed E-state index contributed by atoms with van der Waals surface area (Å²) in [6.07, 6.45) is 2.07. The van der Waals surface area contributed by atoms with E-state index in [2.05, 4.69) is 26.6 Å². The third-order valence-corrected chi connectivity index (χ3v) is 3.86. The highest BCUT2D eigenvalue weighted by molar-refractivity contribution is 9.10. The van der Waals surface area contributed by atoms with Crippen molar-refractivity contribution < 1.29 is 14.7 Å². The first-order valence-corrected chi connectivity index (χ1v) is 8.62. The molecule has 3 N–H and O–H groups in total. The lowest BCUT2D eigenvalue weighted by atomic mass is 10.1. The van der Waals surface area contributed by atoms with Crippen LogP contribution in [-0.4, -0.2) is 30.1 Å². The van der Waals surface area contributed by atoms with Crippen molar-refractivity contribution in [2.45, 2.75) is 6.42 Å². The highest BCUT2D eigenvalue weighted by Gasteiger charge is 2.14. The van der Waals surface area contributed by atoms with Crippen molar-refractivity contribution >= 4 is 33.8 Å². The molecule has 0 aromatic heterocycles. The first-order chi connectivity index (χ1) is 12.1. The predicted molar refractivity (Wildman–Crippen MR) is 101 cm³/mol. The number of halogens is 1. The van der Waals surface area contributed by atoms with Crippen molar-refractivity contribution in [3.63, 3.8) is 0 Å². The Kier molecular flexibility index (Phi) is 7.37. The fourth-order valence-corrected chi connectivity index (χ4v) is 2.31. The van der Waals surface area contributed by atoms with Crippen LogP contribution in [0.15, 0.2) is 64.8 Å². The zero-order valence-corrected chi connectivity index (χ0v) is 15.1. The molecule has 25 heavy (non-hydrogen) atoms. The van der Waals surface area contributed by atoms with Crippen LogP contribution in [0.25, 0.3) is 6.08 Å². The van der Waals surface area contributed by atoms with Crippen LogP contribution in [-0.2, 0) is 4.79 Å². The minimum Gasteiger partial charge on any atom is -0.396 e. The molecular formula is C19H19BrN2O3. The molecule has 0 unspecified atom stereocenters. The summed E-state index contributed by atoms with van der Waals surface area (Å²) in [5.41, 5.74) is 1.40. The summed E-state index contributed by atoms with van der Waals surface area (Å²) in [6.45, 7) is 0.318. The maximum Gasteiger partial charge on any atom is 0.267 e. The predicted octanol–water partition coefficient (Wildman–Crippen LogP) is 2.72. The average Bonchev–Trinajstić information content (AvgIpc) is 2.62. The summed E-state index contributed by atoms with van der Waals surface area (Å²) >= 11 is 3.32. The number of aliphatic hydroxyl groups is 1. The summed E-state index contributed by atoms with van der Waals surface area (Å²) < 4.78 is 0.867. The van der Waals surface area contributed by atoms with Gasteiger partial charge in [-0.15, -0.1) is 0 Å². The Morgan fingerprint density at radius 2 is 1.72 bits per heavy atom. The summed E-state index contributed by atoms with van der Waals surface area (Å²) in [4.78, 5) is 24.8. The van der Waals surface area contributed by atoms with E-state index in [0.717, 1.165) is 10.0 Å². The van der Waals surface area contributed by atoms with Crippen LogP contribution < -0.4 is 10.6 Å². The fourth-order valence-electron chi connectivity index (χ4n) is 2.05. The van der Waals surface area contributed by atoms with Crippen LogP contribution in [0.5, 0.6) is 0 Å². The molecule has 0 bridgehead atoms. The topological polar surface area (TPSA) is 78.4 Å². The van der Waals surface area contributed by atoms with E-state index in [9.17, 15) is 9.59 Å². The average molecular weight is 403 g/mol. The van der Waals surface area contributed by atoms with Gasteiger partial charge in [-0.1, -0.05) is 46.3 Å². The molecule has 0 fully saturated rings. The monoisotopic (exact) mass is 402 g/mol. The molecule has 0 radical (unpaired) electrons. The van der Waals surface area contributed by atoms with Crippen LogP contribution in [0.1, 0.15) is 22.3 Å². The third-order valence-electron chi connectivity index (χ3n) is 3.33. The summed E-state index contributed by atoms with van der Waals surface area (Å²) in [6, 6.07) is 16.1. The van der Waals surface area contributed by atoms with Gasteiger partial charge in [0.2, 0.25) is 0 Å². The number of hydrogen-bond acceptors (Lipinski definition) is 3. The SMILES string of the molecule is O=C(NCCCO)C(=Cc1ccccc1)NC(=O)c1ccc(Br)cc1. The fraction of sp³-hybridized carbons (Fsp3) is 0.158. The molecule has 0 saturated carbocycles. The van der Waals surface area contributed by atoms with Gasteiger partial charge in [-0.2, -0.15) is 0 Å². The molecule has 0 atom stereocenters. The van der Waals surface area contributed by atoms with Crippen LogP contribution in [0.3, 0.4) is 0 Å². The molecule has 130 valence electrons. The summed E-state index contributed by atoms with van der Waals surface area (Å²) in [7, 11) is 0. The van der Waals surface area contributed by atoms with E-state index < -0.39 is 5.91 Å². The number of amides is 2. The first-order valence-electron chi connectivity index (χ1n) is 7.83. The molecule has 0 aliphatic heterocycles. The Bertz CT molecular complexity index is 743. The quantitative estimate of drug-likeness (QED) is 0.492. The molecular weight excluding hydrogens is 384 g/mol. The zero-order valence-electron chi connectivity index (χ0n) is 13.5. The molecule has 0 aliphatic carbocycles. The maximum atomic E-state index is 12.4. The van der Waals surface area contributed by atoms with E-state index in [1.807, 2.05) is 30.3 Å². The number of benzene rings is 2. The van der Waals surface area contributed by atoms with Gasteiger partial charge in [0.05, 0.1) is 0 Å². The highest BCUT2D eigenvalue weighted by Crippen LogP contribution is 2.11. The lowest BCUT2D eigenvalue weighted by molar-refractivity contribution is -0.117. The minimum absolute atomic E-state index is 0.0106. The summed E-state index contributed by atoms with van der Waals surface area (Å²) in [5.74, 6) is -0.769. The van der Waals surface area contributed by atoms with Gasteiger partial charge in [0.25, 0.3) is 11.8 Å². The van der Waals surface area contributed by atoms with Crippen molar-refractivity contribution in [1.29, 1.82) is 0 Å². The molecule has 0 aliphatic rings. The normalized spacial score (nSPS) is 11.0. The summed E-state index contributed by atoms with van der Waals surface area (Å²) in [5, 5.41) is 14.2. The first kappa shape index (κ1) is 18.9. The lowest BCUT2D eigenvalue weighted by Crippen LogP contribution is -2.35. The Hall–Kier alpha value is -2.44. The molecule has 0 heterocycles. The number of rotatable bonds is 7. The van der Waals surface area contributed by atoms with Gasteiger partial charge in [-0.3, -0.25) is 9.59 Å². The largest absolute Gasteiger partial charge is 0.396 e. The van der Waals surface area contributed by atoms with Crippen molar-refractivity contribution in [1.82, 2.24) is 10.6 Å². The molecule has 0 saturated heterocycles. The van der Waals surface area contributed by atoms with E-state index in [-0.39, 0.29) is 18.2 Å². The molecule has 2 aromatic carbocycles. The zero-order chi connectivity index (χ0) is 18.1. The second-order valence-electron chi connectivity index (χ2n) is 5.26. The maximum absolute atomic E-state index is 12.4. The van der Waals surface area contributed by atoms with Gasteiger partial charge in [-0.25, -0.2) is 0 Å². The number of carbonyl (C=O) groups is 2. The molecule has 2 aromatic rings. The van der Waals surface area contributed by atoms with Crippen molar-refractivity contribution in [2.75, 3.05) is 13.2 Å². The van der Waals surface area contributed by atoms with Gasteiger partial charge in [-0.05, 0) is 42.3 Å². The van der Waals surface area contributed by atoms with E-state index in [1.165, 1.54) is 0 Å². The highest BCUT2D eigenvalue weighted by atomic mass is 79.9. The molecule has 5 nitrogen and oxygen atoms in total. The van der Waals surface area contributed by atoms with Gasteiger partial charge < -0.3 is 15.7 Å². The Morgan fingerprint density at radius 1 is 1.04 bits per heavy atom. The number of carbonyl (C=O) groups excluding carboxylic acids is 2. The Labute approximate surface area is 154 Å². The second-order valence-corrected chi connectivity index (χ2v) is 6.18. The second kappa shape index (κ2) is 9.76. The van der Waals surface area contributed by atoms with Crippen LogP contribution in [0, 0.1) is 0 Å². The number of nitrogens with one attached hydrogen (secondary N) is 2. The van der Waals surface area contributed by atoms with Crippen molar-refractivity contribution in [2.24, 2.45) is 0 Å². The minimum atomic E-state index is -0.400. The Morgan fingerprint density at radius 3 is 2.36 bits per heavy atom. The van der Waals surface area contributed by atoms with E-state index >= 15 is 0 Å². The van der Waals surface area contributed by atoms with Gasteiger partial charge >= 0.3 is 0 Å². The molecule has 2 amide bonds. The van der Waals surface area contributed by atoms with E-state index in [1.54, 1.807) is 30.3 Å². The standard InChI is InChI=1S/C19H19BrN2O3/c20-16-9-7-15(8-10-16)18(24)22-17(19(25)21-11-4-12-23)13-14-5-2-1-3-6-14/h1-3,5-10,13,23H,4,11-12H2,(H,21,25)(H,22,24). The smallest absolute Gasteiger partial charge is 0.267 e. The van der Waals surface area contributed by atoms with E-state index in [4.69, 9.17) is 5.11 Å². The number of hydrogen-bond donors (Lipinski definition) is 3. The molecule has 2 rings (SSSR count). The van der Waals surface area contributed by atoms with Gasteiger partial charge in [0.1, 0.15) is 5.70 Å². The van der Waals surface area contributed by atoms with Crippen molar-refractivity contribution in [3.05, 3.63) is 75.9 Å².